The molecule has 2 aliphatic heterocycles. The van der Waals surface area contributed by atoms with Crippen LogP contribution in [0, 0.1) is 0 Å². The molecule has 2 heterocycles. The Morgan fingerprint density at radius 3 is 1.88 bits per heavy atom. The Balaban J connectivity index is 1.50. The van der Waals surface area contributed by atoms with Crippen molar-refractivity contribution >= 4 is 11.9 Å². The van der Waals surface area contributed by atoms with E-state index in [4.69, 9.17) is 9.47 Å². The Morgan fingerprint density at radius 2 is 1.36 bits per heavy atom. The van der Waals surface area contributed by atoms with Gasteiger partial charge in [-0.3, -0.25) is 9.59 Å². The second kappa shape index (κ2) is 11.4. The lowest BCUT2D eigenvalue weighted by molar-refractivity contribution is -0.158. The standard InChI is InChI=1S/C17H32N4O4/c1-15(25-17(23)3-9-21-12-6-19-7-13-21)14-24-16(22)2-8-20-10-4-18-5-11-20/h15,18-19H,2-14H2,1H3. The van der Waals surface area contributed by atoms with Gasteiger partial charge in [-0.2, -0.15) is 0 Å². The molecule has 144 valence electrons. The minimum absolute atomic E-state index is 0.125. The molecule has 0 radical (unpaired) electrons. The van der Waals surface area contributed by atoms with E-state index in [-0.39, 0.29) is 18.5 Å². The van der Waals surface area contributed by atoms with Gasteiger partial charge in [0.15, 0.2) is 0 Å². The van der Waals surface area contributed by atoms with E-state index in [2.05, 4.69) is 20.4 Å². The SMILES string of the molecule is CC(COC(=O)CCN1CCNCC1)OC(=O)CCN1CCNCC1. The van der Waals surface area contributed by atoms with Gasteiger partial charge in [0.1, 0.15) is 12.7 Å². The van der Waals surface area contributed by atoms with Crippen molar-refractivity contribution in [2.24, 2.45) is 0 Å². The van der Waals surface area contributed by atoms with E-state index >= 15 is 0 Å². The molecule has 1 atom stereocenters. The van der Waals surface area contributed by atoms with Crippen molar-refractivity contribution in [3.8, 4) is 0 Å². The minimum Gasteiger partial charge on any atom is -0.462 e. The van der Waals surface area contributed by atoms with Crippen LogP contribution in [-0.2, 0) is 19.1 Å². The summed E-state index contributed by atoms with van der Waals surface area (Å²) in [5.74, 6) is -0.467. The summed E-state index contributed by atoms with van der Waals surface area (Å²) in [7, 11) is 0. The highest BCUT2D eigenvalue weighted by Crippen LogP contribution is 2.01. The third-order valence-electron chi connectivity index (χ3n) is 4.50. The normalized spacial score (nSPS) is 20.8. The quantitative estimate of drug-likeness (QED) is 0.512. The summed E-state index contributed by atoms with van der Waals surface area (Å²) in [6.07, 6.45) is 0.351. The maximum Gasteiger partial charge on any atom is 0.307 e. The fourth-order valence-electron chi connectivity index (χ4n) is 2.97. The van der Waals surface area contributed by atoms with E-state index in [9.17, 15) is 9.59 Å². The summed E-state index contributed by atoms with van der Waals surface area (Å²) in [6.45, 7) is 11.1. The number of hydrogen-bond acceptors (Lipinski definition) is 8. The average Bonchev–Trinajstić information content (AvgIpc) is 2.65. The molecule has 2 N–H and O–H groups in total. The monoisotopic (exact) mass is 356 g/mol. The lowest BCUT2D eigenvalue weighted by Gasteiger charge is -2.27. The lowest BCUT2D eigenvalue weighted by Crippen LogP contribution is -2.44. The summed E-state index contributed by atoms with van der Waals surface area (Å²) in [6, 6.07) is 0. The van der Waals surface area contributed by atoms with Crippen molar-refractivity contribution in [1.82, 2.24) is 20.4 Å². The fraction of sp³-hybridized carbons (Fsp3) is 0.882. The molecule has 0 bridgehead atoms. The highest BCUT2D eigenvalue weighted by atomic mass is 16.6. The van der Waals surface area contributed by atoms with Crippen molar-refractivity contribution in [3.05, 3.63) is 0 Å². The van der Waals surface area contributed by atoms with Crippen molar-refractivity contribution in [2.45, 2.75) is 25.9 Å². The Bertz CT molecular complexity index is 409. The first-order valence-corrected chi connectivity index (χ1v) is 9.35. The van der Waals surface area contributed by atoms with Crippen LogP contribution in [0.2, 0.25) is 0 Å². The Labute approximate surface area is 150 Å². The zero-order valence-corrected chi connectivity index (χ0v) is 15.3. The number of rotatable bonds is 9. The van der Waals surface area contributed by atoms with Gasteiger partial charge in [0.25, 0.3) is 0 Å². The molecule has 0 amide bonds. The molecule has 0 aliphatic carbocycles. The highest BCUT2D eigenvalue weighted by Gasteiger charge is 2.16. The molecule has 25 heavy (non-hydrogen) atoms. The minimum atomic E-state index is -0.404. The van der Waals surface area contributed by atoms with Crippen LogP contribution < -0.4 is 10.6 Å². The smallest absolute Gasteiger partial charge is 0.307 e. The largest absolute Gasteiger partial charge is 0.462 e. The lowest BCUT2D eigenvalue weighted by atomic mass is 10.3. The molecular weight excluding hydrogens is 324 g/mol. The van der Waals surface area contributed by atoms with Crippen LogP contribution in [-0.4, -0.2) is 99.9 Å². The molecule has 2 saturated heterocycles. The molecule has 1 unspecified atom stereocenters. The Hall–Kier alpha value is -1.22. The van der Waals surface area contributed by atoms with Crippen LogP contribution in [0.1, 0.15) is 19.8 Å². The summed E-state index contributed by atoms with van der Waals surface area (Å²) in [4.78, 5) is 28.1. The van der Waals surface area contributed by atoms with E-state index in [1.54, 1.807) is 6.92 Å². The fourth-order valence-corrected chi connectivity index (χ4v) is 2.97. The second-order valence-corrected chi connectivity index (χ2v) is 6.67. The molecule has 2 fully saturated rings. The van der Waals surface area contributed by atoms with E-state index in [1.165, 1.54) is 0 Å². The Kier molecular flexibility index (Phi) is 9.17. The van der Waals surface area contributed by atoms with E-state index in [1.807, 2.05) is 0 Å². The van der Waals surface area contributed by atoms with Crippen molar-refractivity contribution in [1.29, 1.82) is 0 Å². The van der Waals surface area contributed by atoms with Crippen LogP contribution in [0.15, 0.2) is 0 Å². The van der Waals surface area contributed by atoms with Gasteiger partial charge in [-0.25, -0.2) is 0 Å². The van der Waals surface area contributed by atoms with Crippen LogP contribution >= 0.6 is 0 Å². The molecule has 0 saturated carbocycles. The molecule has 8 heteroatoms. The third kappa shape index (κ3) is 8.62. The number of carbonyl (C=O) groups excluding carboxylic acids is 2. The van der Waals surface area contributed by atoms with E-state index in [0.29, 0.717) is 12.8 Å². The predicted molar refractivity (Wildman–Crippen MR) is 94.4 cm³/mol. The predicted octanol–water partition coefficient (Wildman–Crippen LogP) is -0.948. The zero-order valence-electron chi connectivity index (χ0n) is 15.3. The van der Waals surface area contributed by atoms with Gasteiger partial charge in [-0.15, -0.1) is 0 Å². The highest BCUT2D eigenvalue weighted by molar-refractivity contribution is 5.70. The van der Waals surface area contributed by atoms with Gasteiger partial charge < -0.3 is 29.9 Å². The van der Waals surface area contributed by atoms with Crippen LogP contribution in [0.25, 0.3) is 0 Å². The number of nitrogens with one attached hydrogen (secondary N) is 2. The van der Waals surface area contributed by atoms with Gasteiger partial charge in [0.2, 0.25) is 0 Å². The molecule has 2 aliphatic rings. The number of nitrogens with zero attached hydrogens (tertiary/aromatic N) is 2. The molecule has 0 aromatic carbocycles. The van der Waals surface area contributed by atoms with E-state index in [0.717, 1.165) is 65.4 Å². The first-order valence-electron chi connectivity index (χ1n) is 9.35. The van der Waals surface area contributed by atoms with Gasteiger partial charge in [-0.1, -0.05) is 0 Å². The number of esters is 2. The van der Waals surface area contributed by atoms with E-state index < -0.39 is 6.10 Å². The Morgan fingerprint density at radius 1 is 0.880 bits per heavy atom. The summed E-state index contributed by atoms with van der Waals surface area (Å²) < 4.78 is 10.5. The first kappa shape index (κ1) is 20.1. The number of carbonyl (C=O) groups is 2. The molecule has 8 nitrogen and oxygen atoms in total. The zero-order chi connectivity index (χ0) is 17.9. The van der Waals surface area contributed by atoms with Gasteiger partial charge in [-0.05, 0) is 6.92 Å². The van der Waals surface area contributed by atoms with Gasteiger partial charge in [0.05, 0.1) is 12.8 Å². The van der Waals surface area contributed by atoms with Crippen LogP contribution in [0.5, 0.6) is 0 Å². The maximum atomic E-state index is 11.9. The number of hydrogen-bond donors (Lipinski definition) is 2. The summed E-state index contributed by atoms with van der Waals surface area (Å²) in [5.41, 5.74) is 0. The van der Waals surface area contributed by atoms with Crippen molar-refractivity contribution in [3.63, 3.8) is 0 Å². The molecule has 0 spiro atoms. The topological polar surface area (TPSA) is 83.1 Å². The molecule has 2 rings (SSSR count). The molecule has 0 aromatic heterocycles. The maximum absolute atomic E-state index is 11.9. The van der Waals surface area contributed by atoms with Gasteiger partial charge >= 0.3 is 11.9 Å². The average molecular weight is 356 g/mol. The van der Waals surface area contributed by atoms with Crippen molar-refractivity contribution < 1.29 is 19.1 Å². The van der Waals surface area contributed by atoms with Crippen LogP contribution in [0.4, 0.5) is 0 Å². The number of ether oxygens (including phenoxy) is 2. The second-order valence-electron chi connectivity index (χ2n) is 6.67. The number of piperazine rings is 2. The first-order chi connectivity index (χ1) is 12.1. The summed E-state index contributed by atoms with van der Waals surface area (Å²) >= 11 is 0. The van der Waals surface area contributed by atoms with Crippen molar-refractivity contribution in [2.75, 3.05) is 72.1 Å². The van der Waals surface area contributed by atoms with Crippen LogP contribution in [0.3, 0.4) is 0 Å². The molecular formula is C17H32N4O4. The molecule has 0 aromatic rings. The summed E-state index contributed by atoms with van der Waals surface area (Å²) in [5, 5.41) is 6.56. The van der Waals surface area contributed by atoms with Gasteiger partial charge in [0, 0.05) is 65.4 Å². The third-order valence-corrected chi connectivity index (χ3v) is 4.50.